The molecule has 0 saturated carbocycles. The zero-order valence-corrected chi connectivity index (χ0v) is 12.8. The molecule has 0 saturated heterocycles. The summed E-state index contributed by atoms with van der Waals surface area (Å²) in [7, 11) is 1.86. The minimum atomic E-state index is -0.644. The Hall–Kier alpha value is -1.08. The van der Waals surface area contributed by atoms with E-state index in [9.17, 15) is 4.79 Å². The van der Waals surface area contributed by atoms with E-state index in [1.54, 1.807) is 16.4 Å². The number of rotatable bonds is 8. The molecule has 0 radical (unpaired) electrons. The Morgan fingerprint density at radius 3 is 2.79 bits per heavy atom. The summed E-state index contributed by atoms with van der Waals surface area (Å²) in [6, 6.07) is 0.226. The third kappa shape index (κ3) is 4.83. The van der Waals surface area contributed by atoms with Crippen LogP contribution in [-0.2, 0) is 11.8 Å². The molecule has 6 nitrogen and oxygen atoms in total. The number of nitrogens with zero attached hydrogens (tertiary/aromatic N) is 3. The summed E-state index contributed by atoms with van der Waals surface area (Å²) in [6.07, 6.45) is 3.14. The predicted molar refractivity (Wildman–Crippen MR) is 76.8 cm³/mol. The van der Waals surface area contributed by atoms with Crippen molar-refractivity contribution in [3.8, 4) is 0 Å². The van der Waals surface area contributed by atoms with Gasteiger partial charge in [-0.3, -0.25) is 4.79 Å². The van der Waals surface area contributed by atoms with Crippen molar-refractivity contribution in [1.82, 2.24) is 20.1 Å². The molecule has 7 heteroatoms. The van der Waals surface area contributed by atoms with Crippen LogP contribution in [0.25, 0.3) is 0 Å². The molecule has 19 heavy (non-hydrogen) atoms. The van der Waals surface area contributed by atoms with Gasteiger partial charge in [-0.05, 0) is 33.6 Å². The van der Waals surface area contributed by atoms with Crippen molar-refractivity contribution in [2.75, 3.05) is 5.75 Å². The van der Waals surface area contributed by atoms with Crippen LogP contribution < -0.4 is 11.1 Å². The third-order valence-electron chi connectivity index (χ3n) is 2.87. The molecule has 0 fully saturated rings. The Labute approximate surface area is 118 Å². The number of aromatic nitrogens is 3. The molecule has 1 aromatic heterocycles. The third-order valence-corrected chi connectivity index (χ3v) is 3.99. The van der Waals surface area contributed by atoms with Crippen LogP contribution in [0.2, 0.25) is 0 Å². The van der Waals surface area contributed by atoms with Crippen LogP contribution in [0.5, 0.6) is 0 Å². The van der Waals surface area contributed by atoms with Gasteiger partial charge in [-0.25, -0.2) is 9.67 Å². The molecule has 1 aromatic rings. The minimum Gasteiger partial charge on any atom is -0.368 e. The van der Waals surface area contributed by atoms with E-state index in [0.29, 0.717) is 6.42 Å². The Kier molecular flexibility index (Phi) is 5.81. The van der Waals surface area contributed by atoms with Gasteiger partial charge in [-0.1, -0.05) is 11.8 Å². The smallest absolute Gasteiger partial charge is 0.237 e. The summed E-state index contributed by atoms with van der Waals surface area (Å²) >= 11 is 1.63. The second-order valence-electron chi connectivity index (χ2n) is 5.11. The largest absolute Gasteiger partial charge is 0.368 e. The topological polar surface area (TPSA) is 85.8 Å². The van der Waals surface area contributed by atoms with Crippen LogP contribution in [-0.4, -0.2) is 38.0 Å². The van der Waals surface area contributed by atoms with Crippen molar-refractivity contribution in [3.63, 3.8) is 0 Å². The van der Waals surface area contributed by atoms with Gasteiger partial charge in [0, 0.05) is 18.8 Å². The molecule has 1 rings (SSSR count). The van der Waals surface area contributed by atoms with Gasteiger partial charge in [0.25, 0.3) is 0 Å². The normalized spacial score (nSPS) is 14.6. The van der Waals surface area contributed by atoms with Crippen LogP contribution in [0.15, 0.2) is 11.5 Å². The number of amides is 1. The number of primary amides is 1. The fourth-order valence-corrected chi connectivity index (χ4v) is 2.74. The predicted octanol–water partition coefficient (Wildman–Crippen LogP) is 0.929. The van der Waals surface area contributed by atoms with E-state index in [-0.39, 0.29) is 11.9 Å². The van der Waals surface area contributed by atoms with Crippen molar-refractivity contribution in [2.45, 2.75) is 50.4 Å². The van der Waals surface area contributed by atoms with Crippen molar-refractivity contribution < 1.29 is 4.79 Å². The lowest BCUT2D eigenvalue weighted by Crippen LogP contribution is -2.55. The first kappa shape index (κ1) is 16.0. The Bertz CT molecular complexity index is 420. The Balaban J connectivity index is 2.41. The summed E-state index contributed by atoms with van der Waals surface area (Å²) in [6.45, 7) is 5.88. The molecular weight excluding hydrogens is 262 g/mol. The van der Waals surface area contributed by atoms with Crippen LogP contribution in [0.4, 0.5) is 0 Å². The highest BCUT2D eigenvalue weighted by atomic mass is 32.2. The SMILES string of the molecule is CC(C)NC(C)(CCCSc1ncnn1C)C(N)=O. The molecule has 0 bridgehead atoms. The van der Waals surface area contributed by atoms with E-state index in [2.05, 4.69) is 15.4 Å². The average molecular weight is 285 g/mol. The summed E-state index contributed by atoms with van der Waals surface area (Å²) in [5.74, 6) is 0.583. The van der Waals surface area contributed by atoms with Crippen LogP contribution in [0.3, 0.4) is 0 Å². The van der Waals surface area contributed by atoms with Gasteiger partial charge in [0.05, 0.1) is 5.54 Å². The summed E-state index contributed by atoms with van der Waals surface area (Å²) in [5.41, 5.74) is 4.84. The molecular formula is C12H23N5OS. The maximum absolute atomic E-state index is 11.6. The number of nitrogens with one attached hydrogen (secondary N) is 1. The van der Waals surface area contributed by atoms with Gasteiger partial charge < -0.3 is 11.1 Å². The number of carbonyl (C=O) groups excluding carboxylic acids is 1. The first-order chi connectivity index (χ1) is 8.85. The zero-order chi connectivity index (χ0) is 14.5. The van der Waals surface area contributed by atoms with Gasteiger partial charge in [-0.15, -0.1) is 0 Å². The Morgan fingerprint density at radius 1 is 1.63 bits per heavy atom. The van der Waals surface area contributed by atoms with E-state index >= 15 is 0 Å². The first-order valence-electron chi connectivity index (χ1n) is 6.39. The highest BCUT2D eigenvalue weighted by Gasteiger charge is 2.30. The van der Waals surface area contributed by atoms with Crippen molar-refractivity contribution >= 4 is 17.7 Å². The molecule has 1 heterocycles. The van der Waals surface area contributed by atoms with Crippen molar-refractivity contribution in [2.24, 2.45) is 12.8 Å². The minimum absolute atomic E-state index is 0.226. The standard InChI is InChI=1S/C12H23N5OS/c1-9(2)16-12(3,10(13)18)6-5-7-19-11-14-8-15-17(11)4/h8-9,16H,5-7H2,1-4H3,(H2,13,18). The summed E-state index contributed by atoms with van der Waals surface area (Å²) in [4.78, 5) is 15.7. The zero-order valence-electron chi connectivity index (χ0n) is 12.0. The van der Waals surface area contributed by atoms with E-state index in [4.69, 9.17) is 5.73 Å². The quantitative estimate of drug-likeness (QED) is 0.548. The molecule has 1 amide bonds. The van der Waals surface area contributed by atoms with Crippen molar-refractivity contribution in [1.29, 1.82) is 0 Å². The molecule has 0 spiro atoms. The molecule has 3 N–H and O–H groups in total. The van der Waals surface area contributed by atoms with E-state index in [0.717, 1.165) is 17.3 Å². The number of aryl methyl sites for hydroxylation is 1. The molecule has 108 valence electrons. The second kappa shape index (κ2) is 6.91. The fourth-order valence-electron chi connectivity index (χ4n) is 1.91. The molecule has 0 aliphatic carbocycles. The van der Waals surface area contributed by atoms with Gasteiger partial charge >= 0.3 is 0 Å². The highest BCUT2D eigenvalue weighted by molar-refractivity contribution is 7.99. The van der Waals surface area contributed by atoms with Crippen LogP contribution >= 0.6 is 11.8 Å². The van der Waals surface area contributed by atoms with Gasteiger partial charge in [0.15, 0.2) is 5.16 Å². The lowest BCUT2D eigenvalue weighted by Gasteiger charge is -2.29. The molecule has 1 unspecified atom stereocenters. The molecule has 0 aromatic carbocycles. The van der Waals surface area contributed by atoms with Gasteiger partial charge in [0.1, 0.15) is 6.33 Å². The van der Waals surface area contributed by atoms with Crippen LogP contribution in [0, 0.1) is 0 Å². The van der Waals surface area contributed by atoms with Crippen LogP contribution in [0.1, 0.15) is 33.6 Å². The number of hydrogen-bond acceptors (Lipinski definition) is 5. The maximum Gasteiger partial charge on any atom is 0.237 e. The summed E-state index contributed by atoms with van der Waals surface area (Å²) in [5, 5.41) is 8.14. The molecule has 0 aliphatic rings. The Morgan fingerprint density at radius 2 is 2.32 bits per heavy atom. The van der Waals surface area contributed by atoms with Gasteiger partial charge in [-0.2, -0.15) is 5.10 Å². The maximum atomic E-state index is 11.6. The van der Waals surface area contributed by atoms with Gasteiger partial charge in [0.2, 0.25) is 5.91 Å². The number of hydrogen-bond donors (Lipinski definition) is 2. The number of nitrogens with two attached hydrogens (primary N) is 1. The van der Waals surface area contributed by atoms with E-state index in [1.165, 1.54) is 6.33 Å². The van der Waals surface area contributed by atoms with E-state index in [1.807, 2.05) is 27.8 Å². The average Bonchev–Trinajstić information content (AvgIpc) is 2.69. The molecule has 0 aliphatic heterocycles. The van der Waals surface area contributed by atoms with Crippen molar-refractivity contribution in [3.05, 3.63) is 6.33 Å². The number of thioether (sulfide) groups is 1. The molecule has 1 atom stereocenters. The lowest BCUT2D eigenvalue weighted by molar-refractivity contribution is -0.124. The number of carbonyl (C=O) groups is 1. The summed E-state index contributed by atoms with van der Waals surface area (Å²) < 4.78 is 1.74. The highest BCUT2D eigenvalue weighted by Crippen LogP contribution is 2.19. The second-order valence-corrected chi connectivity index (χ2v) is 6.18. The van der Waals surface area contributed by atoms with E-state index < -0.39 is 5.54 Å². The monoisotopic (exact) mass is 285 g/mol. The first-order valence-corrected chi connectivity index (χ1v) is 7.38. The lowest BCUT2D eigenvalue weighted by atomic mass is 9.94. The fraction of sp³-hybridized carbons (Fsp3) is 0.750.